The maximum Gasteiger partial charge on any atom is 0.227 e. The Labute approximate surface area is 153 Å². The van der Waals surface area contributed by atoms with Crippen molar-refractivity contribution in [2.24, 2.45) is 0 Å². The van der Waals surface area contributed by atoms with Crippen LogP contribution < -0.4 is 5.32 Å². The van der Waals surface area contributed by atoms with Crippen LogP contribution in [0.15, 0.2) is 54.6 Å². The van der Waals surface area contributed by atoms with Crippen LogP contribution in [0.25, 0.3) is 0 Å². The van der Waals surface area contributed by atoms with Crippen LogP contribution >= 0.6 is 0 Å². The number of benzene rings is 2. The molecule has 1 amide bonds. The molecule has 1 saturated heterocycles. The van der Waals surface area contributed by atoms with Crippen LogP contribution in [0.1, 0.15) is 30.4 Å². The Morgan fingerprint density at radius 3 is 2.42 bits per heavy atom. The molecule has 0 saturated carbocycles. The van der Waals surface area contributed by atoms with Gasteiger partial charge in [0.1, 0.15) is 5.82 Å². The van der Waals surface area contributed by atoms with Crippen molar-refractivity contribution >= 4 is 5.91 Å². The first kappa shape index (κ1) is 18.5. The lowest BCUT2D eigenvalue weighted by atomic mass is 9.91. The lowest BCUT2D eigenvalue weighted by Gasteiger charge is -2.23. The zero-order valence-electron chi connectivity index (χ0n) is 14.9. The summed E-state index contributed by atoms with van der Waals surface area (Å²) in [6, 6.07) is 16.0. The van der Waals surface area contributed by atoms with Gasteiger partial charge in [-0.1, -0.05) is 42.5 Å². The van der Waals surface area contributed by atoms with Gasteiger partial charge in [-0.2, -0.15) is 0 Å². The summed E-state index contributed by atoms with van der Waals surface area (Å²) < 4.78 is 24.4. The molecule has 0 bridgehead atoms. The molecule has 0 spiro atoms. The highest BCUT2D eigenvalue weighted by molar-refractivity contribution is 5.84. The third kappa shape index (κ3) is 4.90. The standard InChI is InChI=1S/C21H24FNO3/c1-21(25-13-14-26-21)11-12-23-20(24)19(15-16-5-3-2-4-6-16)17-7-9-18(22)10-8-17/h2-10,19H,11-15H2,1H3,(H,23,24). The van der Waals surface area contributed by atoms with E-state index in [2.05, 4.69) is 5.32 Å². The number of halogens is 1. The van der Waals surface area contributed by atoms with Crippen molar-refractivity contribution in [2.75, 3.05) is 19.8 Å². The van der Waals surface area contributed by atoms with Crippen LogP contribution in [0.3, 0.4) is 0 Å². The van der Waals surface area contributed by atoms with E-state index in [0.717, 1.165) is 11.1 Å². The minimum absolute atomic E-state index is 0.0814. The Kier molecular flexibility index (Phi) is 6.01. The van der Waals surface area contributed by atoms with Crippen molar-refractivity contribution < 1.29 is 18.7 Å². The number of nitrogens with one attached hydrogen (secondary N) is 1. The van der Waals surface area contributed by atoms with E-state index in [1.165, 1.54) is 12.1 Å². The lowest BCUT2D eigenvalue weighted by molar-refractivity contribution is -0.146. The van der Waals surface area contributed by atoms with E-state index in [9.17, 15) is 9.18 Å². The minimum Gasteiger partial charge on any atom is -0.355 e. The van der Waals surface area contributed by atoms with Gasteiger partial charge >= 0.3 is 0 Å². The largest absolute Gasteiger partial charge is 0.355 e. The van der Waals surface area contributed by atoms with Gasteiger partial charge in [0.25, 0.3) is 0 Å². The summed E-state index contributed by atoms with van der Waals surface area (Å²) in [5.74, 6) is -1.40. The van der Waals surface area contributed by atoms with Gasteiger partial charge in [0.15, 0.2) is 5.79 Å². The Hall–Kier alpha value is -2.24. The third-order valence-corrected chi connectivity index (χ3v) is 4.65. The normalized spacial score (nSPS) is 17.0. The van der Waals surface area contributed by atoms with Crippen LogP contribution in [-0.4, -0.2) is 31.5 Å². The third-order valence-electron chi connectivity index (χ3n) is 4.65. The summed E-state index contributed by atoms with van der Waals surface area (Å²) in [5.41, 5.74) is 1.86. The Bertz CT molecular complexity index is 712. The quantitative estimate of drug-likeness (QED) is 0.826. The van der Waals surface area contributed by atoms with Gasteiger partial charge in [0, 0.05) is 13.0 Å². The highest BCUT2D eigenvalue weighted by Crippen LogP contribution is 2.24. The number of carbonyl (C=O) groups excluding carboxylic acids is 1. The number of hydrogen-bond acceptors (Lipinski definition) is 3. The minimum atomic E-state index is -0.627. The van der Waals surface area contributed by atoms with E-state index in [4.69, 9.17) is 9.47 Å². The second-order valence-corrected chi connectivity index (χ2v) is 6.67. The molecular weight excluding hydrogens is 333 g/mol. The molecule has 4 nitrogen and oxygen atoms in total. The number of carbonyl (C=O) groups is 1. The van der Waals surface area contributed by atoms with E-state index >= 15 is 0 Å². The van der Waals surface area contributed by atoms with Crippen molar-refractivity contribution in [2.45, 2.75) is 31.5 Å². The van der Waals surface area contributed by atoms with Crippen molar-refractivity contribution in [1.29, 1.82) is 0 Å². The summed E-state index contributed by atoms with van der Waals surface area (Å²) in [4.78, 5) is 12.8. The maximum absolute atomic E-state index is 13.3. The predicted molar refractivity (Wildman–Crippen MR) is 97.2 cm³/mol. The molecule has 2 aromatic rings. The zero-order chi connectivity index (χ0) is 18.4. The molecule has 2 aromatic carbocycles. The Morgan fingerprint density at radius 2 is 1.77 bits per heavy atom. The second kappa shape index (κ2) is 8.43. The number of ether oxygens (including phenoxy) is 2. The van der Waals surface area contributed by atoms with Crippen LogP contribution in [0.5, 0.6) is 0 Å². The average molecular weight is 357 g/mol. The van der Waals surface area contributed by atoms with Gasteiger partial charge in [-0.05, 0) is 36.6 Å². The van der Waals surface area contributed by atoms with Crippen molar-refractivity contribution in [3.05, 3.63) is 71.5 Å². The zero-order valence-corrected chi connectivity index (χ0v) is 14.9. The van der Waals surface area contributed by atoms with Gasteiger partial charge in [0.2, 0.25) is 5.91 Å². The van der Waals surface area contributed by atoms with Gasteiger partial charge in [-0.15, -0.1) is 0 Å². The average Bonchev–Trinajstić information content (AvgIpc) is 3.08. The Morgan fingerprint density at radius 1 is 1.12 bits per heavy atom. The van der Waals surface area contributed by atoms with Crippen LogP contribution in [0.2, 0.25) is 0 Å². The Balaban J connectivity index is 1.67. The molecular formula is C21H24FNO3. The molecule has 0 radical (unpaired) electrons. The molecule has 0 aromatic heterocycles. The molecule has 1 aliphatic rings. The molecule has 1 atom stereocenters. The summed E-state index contributed by atoms with van der Waals surface area (Å²) in [7, 11) is 0. The number of rotatable bonds is 7. The van der Waals surface area contributed by atoms with Gasteiger partial charge < -0.3 is 14.8 Å². The van der Waals surface area contributed by atoms with E-state index < -0.39 is 5.79 Å². The molecule has 26 heavy (non-hydrogen) atoms. The second-order valence-electron chi connectivity index (χ2n) is 6.67. The fraction of sp³-hybridized carbons (Fsp3) is 0.381. The molecule has 3 rings (SSSR count). The van der Waals surface area contributed by atoms with Gasteiger partial charge in [-0.3, -0.25) is 4.79 Å². The molecule has 1 heterocycles. The van der Waals surface area contributed by atoms with Crippen molar-refractivity contribution in [1.82, 2.24) is 5.32 Å². The van der Waals surface area contributed by atoms with Gasteiger partial charge in [0.05, 0.1) is 19.1 Å². The molecule has 1 fully saturated rings. The topological polar surface area (TPSA) is 47.6 Å². The smallest absolute Gasteiger partial charge is 0.227 e. The van der Waals surface area contributed by atoms with Gasteiger partial charge in [-0.25, -0.2) is 4.39 Å². The highest BCUT2D eigenvalue weighted by atomic mass is 19.1. The summed E-state index contributed by atoms with van der Waals surface area (Å²) in [5, 5.41) is 2.98. The molecule has 138 valence electrons. The maximum atomic E-state index is 13.3. The first-order valence-electron chi connectivity index (χ1n) is 8.91. The summed E-state index contributed by atoms with van der Waals surface area (Å²) in [6.45, 7) is 3.50. The van der Waals surface area contributed by atoms with Crippen molar-refractivity contribution in [3.63, 3.8) is 0 Å². The lowest BCUT2D eigenvalue weighted by Crippen LogP contribution is -2.36. The summed E-state index contributed by atoms with van der Waals surface area (Å²) in [6.07, 6.45) is 1.14. The van der Waals surface area contributed by atoms with Crippen molar-refractivity contribution in [3.8, 4) is 0 Å². The molecule has 1 unspecified atom stereocenters. The monoisotopic (exact) mass is 357 g/mol. The predicted octanol–water partition coefficient (Wildman–Crippen LogP) is 3.42. The SMILES string of the molecule is CC1(CCNC(=O)C(Cc2ccccc2)c2ccc(F)cc2)OCCO1. The molecule has 1 aliphatic heterocycles. The first-order valence-corrected chi connectivity index (χ1v) is 8.91. The fourth-order valence-corrected chi connectivity index (χ4v) is 3.14. The van der Waals surface area contributed by atoms with E-state index in [-0.39, 0.29) is 17.6 Å². The molecule has 5 heteroatoms. The molecule has 0 aliphatic carbocycles. The fourth-order valence-electron chi connectivity index (χ4n) is 3.14. The number of amides is 1. The summed E-state index contributed by atoms with van der Waals surface area (Å²) >= 11 is 0. The van der Waals surface area contributed by atoms with E-state index in [1.54, 1.807) is 12.1 Å². The van der Waals surface area contributed by atoms with Crippen LogP contribution in [0, 0.1) is 5.82 Å². The number of hydrogen-bond donors (Lipinski definition) is 1. The van der Waals surface area contributed by atoms with E-state index in [1.807, 2.05) is 37.3 Å². The highest BCUT2D eigenvalue weighted by Gasteiger charge is 2.31. The molecule has 1 N–H and O–H groups in total. The van der Waals surface area contributed by atoms with E-state index in [0.29, 0.717) is 32.6 Å². The van der Waals surface area contributed by atoms with Crippen LogP contribution in [0.4, 0.5) is 4.39 Å². The van der Waals surface area contributed by atoms with Crippen LogP contribution in [-0.2, 0) is 20.7 Å². The first-order chi connectivity index (χ1) is 12.6.